The first-order chi connectivity index (χ1) is 12.7. The third kappa shape index (κ3) is 3.44. The molecule has 0 radical (unpaired) electrons. The second-order valence-corrected chi connectivity index (χ2v) is 7.09. The van der Waals surface area contributed by atoms with E-state index in [1.165, 1.54) is 5.69 Å². The molecule has 4 rings (SSSR count). The van der Waals surface area contributed by atoms with E-state index >= 15 is 0 Å². The monoisotopic (exact) mass is 354 g/mol. The maximum absolute atomic E-state index is 12.8. The molecule has 2 aromatic heterocycles. The molecule has 0 aromatic carbocycles. The van der Waals surface area contributed by atoms with Gasteiger partial charge in [0.25, 0.3) is 0 Å². The van der Waals surface area contributed by atoms with Crippen LogP contribution in [0.5, 0.6) is 0 Å². The fourth-order valence-corrected chi connectivity index (χ4v) is 4.05. The summed E-state index contributed by atoms with van der Waals surface area (Å²) in [6.45, 7) is 4.56. The predicted octanol–water partition coefficient (Wildman–Crippen LogP) is 1.30. The van der Waals surface area contributed by atoms with Gasteiger partial charge in [0.1, 0.15) is 0 Å². The number of hydrogen-bond donors (Lipinski definition) is 0. The Morgan fingerprint density at radius 3 is 2.58 bits per heavy atom. The molecule has 2 saturated heterocycles. The lowest BCUT2D eigenvalue weighted by Gasteiger charge is -2.36. The summed E-state index contributed by atoms with van der Waals surface area (Å²) in [5.74, 6) is 0.989. The van der Waals surface area contributed by atoms with Crippen LogP contribution in [0, 0.1) is 0 Å². The van der Waals surface area contributed by atoms with Crippen molar-refractivity contribution in [3.05, 3.63) is 42.5 Å². The molecule has 0 aliphatic carbocycles. The zero-order chi connectivity index (χ0) is 17.9. The molecule has 0 unspecified atom stereocenters. The van der Waals surface area contributed by atoms with Crippen LogP contribution in [-0.4, -0.2) is 69.5 Å². The first-order valence-corrected chi connectivity index (χ1v) is 9.37. The number of nitrogens with zero attached hydrogens (tertiary/aromatic N) is 6. The van der Waals surface area contributed by atoms with Crippen LogP contribution in [0.4, 0.5) is 5.95 Å². The highest BCUT2D eigenvalue weighted by molar-refractivity contribution is 5.78. The first-order valence-electron chi connectivity index (χ1n) is 9.37. The van der Waals surface area contributed by atoms with Crippen molar-refractivity contribution in [2.24, 2.45) is 7.05 Å². The number of rotatable bonds is 4. The van der Waals surface area contributed by atoms with Gasteiger partial charge in [-0.15, -0.1) is 0 Å². The summed E-state index contributed by atoms with van der Waals surface area (Å²) in [5.41, 5.74) is 1.31. The van der Waals surface area contributed by atoms with Gasteiger partial charge in [0.15, 0.2) is 0 Å². The van der Waals surface area contributed by atoms with Crippen molar-refractivity contribution in [1.29, 1.82) is 0 Å². The zero-order valence-corrected chi connectivity index (χ0v) is 15.3. The zero-order valence-electron chi connectivity index (χ0n) is 15.3. The van der Waals surface area contributed by atoms with Crippen molar-refractivity contribution in [2.75, 3.05) is 44.2 Å². The average molecular weight is 354 g/mol. The van der Waals surface area contributed by atoms with Crippen molar-refractivity contribution in [2.45, 2.75) is 18.9 Å². The Bertz CT molecular complexity index is 737. The number of anilines is 1. The Morgan fingerprint density at radius 1 is 1.12 bits per heavy atom. The number of hydrogen-bond acceptors (Lipinski definition) is 5. The van der Waals surface area contributed by atoms with Crippen molar-refractivity contribution in [1.82, 2.24) is 24.3 Å². The number of amides is 1. The molecule has 2 aromatic rings. The quantitative estimate of drug-likeness (QED) is 0.828. The molecule has 7 nitrogen and oxygen atoms in total. The van der Waals surface area contributed by atoms with Gasteiger partial charge in [0, 0.05) is 57.5 Å². The Morgan fingerprint density at radius 2 is 1.88 bits per heavy atom. The summed E-state index contributed by atoms with van der Waals surface area (Å²) in [5, 5.41) is 0. The summed E-state index contributed by atoms with van der Waals surface area (Å²) >= 11 is 0. The van der Waals surface area contributed by atoms with Crippen LogP contribution in [0.3, 0.4) is 0 Å². The topological polar surface area (TPSA) is 57.5 Å². The normalized spacial score (nSPS) is 21.3. The Kier molecular flexibility index (Phi) is 4.88. The van der Waals surface area contributed by atoms with E-state index in [0.29, 0.717) is 12.6 Å². The molecule has 2 aliphatic rings. The maximum Gasteiger partial charge on any atom is 0.236 e. The smallest absolute Gasteiger partial charge is 0.236 e. The fraction of sp³-hybridized carbons (Fsp3) is 0.526. The summed E-state index contributed by atoms with van der Waals surface area (Å²) in [7, 11) is 2.08. The average Bonchev–Trinajstić information content (AvgIpc) is 3.31. The van der Waals surface area contributed by atoms with E-state index in [2.05, 4.69) is 49.7 Å². The lowest BCUT2D eigenvalue weighted by Crippen LogP contribution is -2.51. The van der Waals surface area contributed by atoms with E-state index in [1.807, 2.05) is 11.0 Å². The van der Waals surface area contributed by atoms with Crippen LogP contribution in [-0.2, 0) is 11.8 Å². The van der Waals surface area contributed by atoms with Crippen molar-refractivity contribution >= 4 is 11.9 Å². The van der Waals surface area contributed by atoms with Crippen molar-refractivity contribution in [3.8, 4) is 0 Å². The summed E-state index contributed by atoms with van der Waals surface area (Å²) < 4.78 is 2.17. The number of piperazine rings is 1. The Hall–Kier alpha value is -2.41. The SMILES string of the molecule is Cn1cccc1[C@H]1CCCN1CC(=O)N1CCN(c2ncccn2)CC1. The lowest BCUT2D eigenvalue weighted by atomic mass is 10.1. The molecule has 138 valence electrons. The van der Waals surface area contributed by atoms with E-state index in [4.69, 9.17) is 0 Å². The first kappa shape index (κ1) is 17.0. The number of aromatic nitrogens is 3. The Labute approximate surface area is 154 Å². The van der Waals surface area contributed by atoms with E-state index in [0.717, 1.165) is 51.5 Å². The molecular weight excluding hydrogens is 328 g/mol. The summed E-state index contributed by atoms with van der Waals surface area (Å²) in [4.78, 5) is 27.9. The van der Waals surface area contributed by atoms with Gasteiger partial charge in [0.2, 0.25) is 11.9 Å². The number of aryl methyl sites for hydroxylation is 1. The van der Waals surface area contributed by atoms with Crippen LogP contribution in [0.25, 0.3) is 0 Å². The lowest BCUT2D eigenvalue weighted by molar-refractivity contribution is -0.133. The summed E-state index contributed by atoms with van der Waals surface area (Å²) in [6, 6.07) is 6.44. The molecule has 2 aliphatic heterocycles. The molecule has 1 atom stereocenters. The highest BCUT2D eigenvalue weighted by Crippen LogP contribution is 2.31. The molecule has 2 fully saturated rings. The van der Waals surface area contributed by atoms with E-state index in [-0.39, 0.29) is 5.91 Å². The molecule has 0 N–H and O–H groups in total. The molecule has 0 saturated carbocycles. The van der Waals surface area contributed by atoms with Gasteiger partial charge in [-0.05, 0) is 37.6 Å². The van der Waals surface area contributed by atoms with E-state index < -0.39 is 0 Å². The van der Waals surface area contributed by atoms with Crippen molar-refractivity contribution in [3.63, 3.8) is 0 Å². The molecule has 0 spiro atoms. The second-order valence-electron chi connectivity index (χ2n) is 7.09. The van der Waals surface area contributed by atoms with Gasteiger partial charge in [0.05, 0.1) is 12.6 Å². The van der Waals surface area contributed by atoms with E-state index in [1.54, 1.807) is 12.4 Å². The number of carbonyl (C=O) groups is 1. The third-order valence-electron chi connectivity index (χ3n) is 5.49. The fourth-order valence-electron chi connectivity index (χ4n) is 4.05. The predicted molar refractivity (Wildman–Crippen MR) is 99.8 cm³/mol. The largest absolute Gasteiger partial charge is 0.353 e. The van der Waals surface area contributed by atoms with Crippen LogP contribution < -0.4 is 4.90 Å². The molecule has 7 heteroatoms. The van der Waals surface area contributed by atoms with Crippen LogP contribution >= 0.6 is 0 Å². The minimum Gasteiger partial charge on any atom is -0.353 e. The molecular formula is C19H26N6O. The van der Waals surface area contributed by atoms with Gasteiger partial charge in [-0.25, -0.2) is 9.97 Å². The number of carbonyl (C=O) groups excluding carboxylic acids is 1. The molecule has 1 amide bonds. The highest BCUT2D eigenvalue weighted by atomic mass is 16.2. The second kappa shape index (κ2) is 7.45. The summed E-state index contributed by atoms with van der Waals surface area (Å²) in [6.07, 6.45) is 7.89. The minimum absolute atomic E-state index is 0.236. The van der Waals surface area contributed by atoms with Crippen LogP contribution in [0.1, 0.15) is 24.6 Å². The number of likely N-dealkylation sites (tertiary alicyclic amines) is 1. The van der Waals surface area contributed by atoms with Gasteiger partial charge >= 0.3 is 0 Å². The molecule has 0 bridgehead atoms. The van der Waals surface area contributed by atoms with Gasteiger partial charge in [-0.2, -0.15) is 0 Å². The van der Waals surface area contributed by atoms with E-state index in [9.17, 15) is 4.79 Å². The maximum atomic E-state index is 12.8. The minimum atomic E-state index is 0.236. The van der Waals surface area contributed by atoms with Gasteiger partial charge in [-0.3, -0.25) is 9.69 Å². The third-order valence-corrected chi connectivity index (χ3v) is 5.49. The highest BCUT2D eigenvalue weighted by Gasteiger charge is 2.31. The Balaban J connectivity index is 1.33. The van der Waals surface area contributed by atoms with Gasteiger partial charge < -0.3 is 14.4 Å². The van der Waals surface area contributed by atoms with Crippen LogP contribution in [0.15, 0.2) is 36.8 Å². The van der Waals surface area contributed by atoms with Gasteiger partial charge in [-0.1, -0.05) is 0 Å². The van der Waals surface area contributed by atoms with Crippen LogP contribution in [0.2, 0.25) is 0 Å². The molecule has 4 heterocycles. The molecule has 26 heavy (non-hydrogen) atoms. The standard InChI is InChI=1S/C19H26N6O/c1-22-9-2-5-16(22)17-6-3-10-25(17)15-18(26)23-11-13-24(14-12-23)19-20-7-4-8-21-19/h2,4-5,7-9,17H,3,6,10-15H2,1H3/t17-/m1/s1. The van der Waals surface area contributed by atoms with Crippen molar-refractivity contribution < 1.29 is 4.79 Å².